The van der Waals surface area contributed by atoms with Crippen molar-refractivity contribution in [2.75, 3.05) is 5.32 Å². The van der Waals surface area contributed by atoms with Gasteiger partial charge in [-0.25, -0.2) is 5.10 Å². The lowest BCUT2D eigenvalue weighted by Gasteiger charge is -2.22. The van der Waals surface area contributed by atoms with Gasteiger partial charge in [-0.15, -0.1) is 0 Å². The molecule has 0 aliphatic carbocycles. The predicted molar refractivity (Wildman–Crippen MR) is 114 cm³/mol. The minimum Gasteiger partial charge on any atom is -0.473 e. The van der Waals surface area contributed by atoms with Crippen LogP contribution in [-0.4, -0.2) is 15.2 Å². The van der Waals surface area contributed by atoms with Crippen LogP contribution in [0, 0.1) is 0 Å². The Balaban J connectivity index is 1.26. The number of H-pyrrole nitrogens is 1. The first-order valence-electron chi connectivity index (χ1n) is 9.56. The molecule has 3 heterocycles. The van der Waals surface area contributed by atoms with Gasteiger partial charge in [0, 0.05) is 18.1 Å². The van der Waals surface area contributed by atoms with Crippen LogP contribution in [0.1, 0.15) is 22.7 Å². The largest absolute Gasteiger partial charge is 0.473 e. The number of pyridine rings is 1. The first-order chi connectivity index (χ1) is 14.4. The van der Waals surface area contributed by atoms with Crippen molar-refractivity contribution in [3.8, 4) is 17.0 Å². The number of hydrogen-bond donors (Lipinski definition) is 2. The van der Waals surface area contributed by atoms with E-state index in [1.165, 1.54) is 11.1 Å². The van der Waals surface area contributed by atoms with Crippen molar-refractivity contribution in [1.82, 2.24) is 15.2 Å². The fourth-order valence-corrected chi connectivity index (χ4v) is 3.48. The number of aromatic nitrogens is 3. The minimum atomic E-state index is 0.172. The van der Waals surface area contributed by atoms with E-state index < -0.39 is 0 Å². The monoisotopic (exact) mass is 380 g/mol. The van der Waals surface area contributed by atoms with Gasteiger partial charge in [0.2, 0.25) is 5.88 Å². The molecule has 1 atom stereocenters. The summed E-state index contributed by atoms with van der Waals surface area (Å²) in [4.78, 5) is 4.06. The van der Waals surface area contributed by atoms with Gasteiger partial charge in [-0.3, -0.25) is 4.98 Å². The standard InChI is InChI=1S/C24H20N4O/c1-2-4-22-19(3-1)9-10-23(27-22)20-7-5-17(6-8-20)16-29-24-21(15-26-28-24)18-11-13-25-14-12-18/h1-15,23,27H,16H2,(H,26,28). The second-order valence-corrected chi connectivity index (χ2v) is 6.95. The maximum Gasteiger partial charge on any atom is 0.217 e. The third-order valence-corrected chi connectivity index (χ3v) is 5.06. The molecule has 2 N–H and O–H groups in total. The van der Waals surface area contributed by atoms with Crippen molar-refractivity contribution in [3.05, 3.63) is 102 Å². The summed E-state index contributed by atoms with van der Waals surface area (Å²) >= 11 is 0. The summed E-state index contributed by atoms with van der Waals surface area (Å²) in [6.45, 7) is 0.470. The normalized spacial score (nSPS) is 14.8. The summed E-state index contributed by atoms with van der Waals surface area (Å²) in [5, 5.41) is 10.6. The molecule has 2 aromatic carbocycles. The fourth-order valence-electron chi connectivity index (χ4n) is 3.48. The number of para-hydroxylation sites is 1. The molecule has 5 rings (SSSR count). The molecular weight excluding hydrogens is 360 g/mol. The number of nitrogens with zero attached hydrogens (tertiary/aromatic N) is 2. The molecule has 4 aromatic rings. The van der Waals surface area contributed by atoms with Crippen molar-refractivity contribution < 1.29 is 4.74 Å². The van der Waals surface area contributed by atoms with E-state index >= 15 is 0 Å². The molecule has 1 unspecified atom stereocenters. The van der Waals surface area contributed by atoms with Crippen molar-refractivity contribution in [2.24, 2.45) is 0 Å². The zero-order valence-electron chi connectivity index (χ0n) is 15.7. The first kappa shape index (κ1) is 17.3. The molecule has 0 saturated heterocycles. The van der Waals surface area contributed by atoms with Gasteiger partial charge in [-0.2, -0.15) is 5.10 Å². The number of hydrogen-bond acceptors (Lipinski definition) is 4. The summed E-state index contributed by atoms with van der Waals surface area (Å²) in [7, 11) is 0. The molecule has 0 radical (unpaired) electrons. The van der Waals surface area contributed by atoms with Crippen molar-refractivity contribution in [2.45, 2.75) is 12.6 Å². The Hall–Kier alpha value is -3.86. The third-order valence-electron chi connectivity index (χ3n) is 5.06. The van der Waals surface area contributed by atoms with Crippen LogP contribution in [0.2, 0.25) is 0 Å². The number of fused-ring (bicyclic) bond motifs is 1. The second kappa shape index (κ2) is 7.64. The lowest BCUT2D eigenvalue weighted by atomic mass is 9.99. The van der Waals surface area contributed by atoms with Crippen LogP contribution in [0.25, 0.3) is 17.2 Å². The maximum absolute atomic E-state index is 5.98. The third kappa shape index (κ3) is 3.62. The van der Waals surface area contributed by atoms with E-state index in [1.807, 2.05) is 12.1 Å². The highest BCUT2D eigenvalue weighted by molar-refractivity contribution is 5.71. The fraction of sp³-hybridized carbons (Fsp3) is 0.0833. The molecule has 0 bridgehead atoms. The van der Waals surface area contributed by atoms with Gasteiger partial charge in [-0.05, 0) is 40.5 Å². The van der Waals surface area contributed by atoms with Gasteiger partial charge in [-0.1, -0.05) is 54.6 Å². The minimum absolute atomic E-state index is 0.172. The Morgan fingerprint density at radius 3 is 2.62 bits per heavy atom. The number of aromatic amines is 1. The van der Waals surface area contributed by atoms with E-state index in [1.54, 1.807) is 18.6 Å². The van der Waals surface area contributed by atoms with Gasteiger partial charge in [0.05, 0.1) is 17.8 Å². The quantitative estimate of drug-likeness (QED) is 0.498. The summed E-state index contributed by atoms with van der Waals surface area (Å²) in [5.74, 6) is 0.661. The average Bonchev–Trinajstić information content (AvgIpc) is 3.27. The Labute approximate surface area is 169 Å². The highest BCUT2D eigenvalue weighted by Crippen LogP contribution is 2.30. The van der Waals surface area contributed by atoms with Gasteiger partial charge < -0.3 is 10.1 Å². The molecule has 1 aliphatic heterocycles. The molecule has 1 aliphatic rings. The maximum atomic E-state index is 5.98. The van der Waals surface area contributed by atoms with E-state index in [2.05, 4.69) is 81.2 Å². The number of ether oxygens (including phenoxy) is 1. The van der Waals surface area contributed by atoms with Gasteiger partial charge in [0.1, 0.15) is 6.61 Å². The molecule has 5 heteroatoms. The number of rotatable bonds is 5. The zero-order valence-corrected chi connectivity index (χ0v) is 15.7. The molecule has 5 nitrogen and oxygen atoms in total. The summed E-state index contributed by atoms with van der Waals surface area (Å²) in [5.41, 5.74) is 6.66. The van der Waals surface area contributed by atoms with E-state index in [-0.39, 0.29) is 6.04 Å². The lowest BCUT2D eigenvalue weighted by Crippen LogP contribution is -2.12. The first-order valence-corrected chi connectivity index (χ1v) is 9.56. The van der Waals surface area contributed by atoms with E-state index in [0.29, 0.717) is 12.5 Å². The lowest BCUT2D eigenvalue weighted by molar-refractivity contribution is 0.294. The summed E-state index contributed by atoms with van der Waals surface area (Å²) < 4.78 is 5.98. The Kier molecular flexibility index (Phi) is 4.54. The highest BCUT2D eigenvalue weighted by atomic mass is 16.5. The topological polar surface area (TPSA) is 62.8 Å². The van der Waals surface area contributed by atoms with Crippen molar-refractivity contribution >= 4 is 11.8 Å². The van der Waals surface area contributed by atoms with Crippen molar-refractivity contribution in [1.29, 1.82) is 0 Å². The zero-order chi connectivity index (χ0) is 19.5. The van der Waals surface area contributed by atoms with E-state index in [4.69, 9.17) is 4.74 Å². The molecule has 29 heavy (non-hydrogen) atoms. The molecule has 142 valence electrons. The van der Waals surface area contributed by atoms with Crippen molar-refractivity contribution in [3.63, 3.8) is 0 Å². The molecular formula is C24H20N4O. The van der Waals surface area contributed by atoms with E-state index in [0.717, 1.165) is 22.4 Å². The van der Waals surface area contributed by atoms with Crippen LogP contribution >= 0.6 is 0 Å². The van der Waals surface area contributed by atoms with Crippen LogP contribution in [0.15, 0.2) is 85.3 Å². The molecule has 0 fully saturated rings. The van der Waals surface area contributed by atoms with Gasteiger partial charge in [0.15, 0.2) is 0 Å². The van der Waals surface area contributed by atoms with Crippen LogP contribution in [-0.2, 0) is 6.61 Å². The molecule has 0 saturated carbocycles. The van der Waals surface area contributed by atoms with Gasteiger partial charge >= 0.3 is 0 Å². The summed E-state index contributed by atoms with van der Waals surface area (Å²) in [6.07, 6.45) is 9.66. The second-order valence-electron chi connectivity index (χ2n) is 6.95. The Morgan fingerprint density at radius 2 is 1.76 bits per heavy atom. The van der Waals surface area contributed by atoms with Crippen LogP contribution in [0.5, 0.6) is 5.88 Å². The predicted octanol–water partition coefficient (Wildman–Crippen LogP) is 5.23. The van der Waals surface area contributed by atoms with E-state index in [9.17, 15) is 0 Å². The highest BCUT2D eigenvalue weighted by Gasteiger charge is 2.14. The molecule has 2 aromatic heterocycles. The number of benzene rings is 2. The molecule has 0 spiro atoms. The number of anilines is 1. The van der Waals surface area contributed by atoms with Crippen LogP contribution in [0.4, 0.5) is 5.69 Å². The molecule has 0 amide bonds. The van der Waals surface area contributed by atoms with Crippen LogP contribution in [0.3, 0.4) is 0 Å². The Morgan fingerprint density at radius 1 is 0.931 bits per heavy atom. The Bertz CT molecular complexity index is 1130. The SMILES string of the molecule is C1=CC(c2ccc(COc3[nH]ncc3-c3ccncc3)cc2)Nc2ccccc21. The smallest absolute Gasteiger partial charge is 0.217 e. The average molecular weight is 380 g/mol. The summed E-state index contributed by atoms with van der Waals surface area (Å²) in [6, 6.07) is 20.9. The number of nitrogens with one attached hydrogen (secondary N) is 2. The van der Waals surface area contributed by atoms with Gasteiger partial charge in [0.25, 0.3) is 0 Å². The van der Waals surface area contributed by atoms with Crippen LogP contribution < -0.4 is 10.1 Å².